The number of ether oxygens (including phenoxy) is 1. The SMILES string of the molecule is CCOCCCn1c(SCC(=O)Nc2ccc(F)cc2F)nc2sc(C)c(C)c2c1=O. The summed E-state index contributed by atoms with van der Waals surface area (Å²) in [5.41, 5.74) is 0.669. The van der Waals surface area contributed by atoms with Crippen LogP contribution in [-0.2, 0) is 16.1 Å². The Bertz CT molecular complexity index is 1160. The Hall–Kier alpha value is -2.30. The fourth-order valence-electron chi connectivity index (χ4n) is 2.99. The third kappa shape index (κ3) is 5.50. The summed E-state index contributed by atoms with van der Waals surface area (Å²) in [7, 11) is 0. The number of amides is 1. The van der Waals surface area contributed by atoms with Gasteiger partial charge in [-0.25, -0.2) is 13.8 Å². The summed E-state index contributed by atoms with van der Waals surface area (Å²) in [4.78, 5) is 31.7. The number of thiophene rings is 1. The van der Waals surface area contributed by atoms with Crippen LogP contribution in [0, 0.1) is 25.5 Å². The predicted octanol–water partition coefficient (Wildman–Crippen LogP) is 4.51. The number of halogens is 2. The summed E-state index contributed by atoms with van der Waals surface area (Å²) in [6.45, 7) is 7.26. The van der Waals surface area contributed by atoms with Crippen molar-refractivity contribution in [3.63, 3.8) is 0 Å². The van der Waals surface area contributed by atoms with Gasteiger partial charge in [0.1, 0.15) is 16.5 Å². The minimum absolute atomic E-state index is 0.0798. The topological polar surface area (TPSA) is 73.2 Å². The van der Waals surface area contributed by atoms with Crippen LogP contribution in [0.4, 0.5) is 14.5 Å². The van der Waals surface area contributed by atoms with Crippen LogP contribution in [0.25, 0.3) is 10.2 Å². The Balaban J connectivity index is 1.82. The zero-order chi connectivity index (χ0) is 22.5. The second kappa shape index (κ2) is 10.3. The molecule has 1 amide bonds. The number of carbonyl (C=O) groups is 1. The molecule has 2 heterocycles. The minimum atomic E-state index is -0.852. The first-order chi connectivity index (χ1) is 14.8. The largest absolute Gasteiger partial charge is 0.382 e. The lowest BCUT2D eigenvalue weighted by atomic mass is 10.2. The van der Waals surface area contributed by atoms with Crippen molar-refractivity contribution in [2.75, 3.05) is 24.3 Å². The van der Waals surface area contributed by atoms with Crippen LogP contribution in [0.15, 0.2) is 28.2 Å². The molecule has 0 saturated heterocycles. The maximum absolute atomic E-state index is 13.8. The molecule has 0 bridgehead atoms. The number of anilines is 1. The van der Waals surface area contributed by atoms with Gasteiger partial charge in [-0.3, -0.25) is 14.2 Å². The number of thioether (sulfide) groups is 1. The highest BCUT2D eigenvalue weighted by Gasteiger charge is 2.18. The van der Waals surface area contributed by atoms with E-state index in [1.54, 1.807) is 4.57 Å². The van der Waals surface area contributed by atoms with E-state index in [9.17, 15) is 18.4 Å². The van der Waals surface area contributed by atoms with Gasteiger partial charge in [-0.15, -0.1) is 11.3 Å². The summed E-state index contributed by atoms with van der Waals surface area (Å²) in [5, 5.41) is 3.44. The Morgan fingerprint density at radius 2 is 2.10 bits per heavy atom. The van der Waals surface area contributed by atoms with E-state index in [4.69, 9.17) is 4.74 Å². The molecule has 0 saturated carbocycles. The van der Waals surface area contributed by atoms with Crippen molar-refractivity contribution in [2.45, 2.75) is 38.9 Å². The molecule has 0 aliphatic carbocycles. The molecule has 1 N–H and O–H groups in total. The number of hydrogen-bond donors (Lipinski definition) is 1. The maximum Gasteiger partial charge on any atom is 0.263 e. The zero-order valence-electron chi connectivity index (χ0n) is 17.5. The molecule has 0 aliphatic rings. The van der Waals surface area contributed by atoms with E-state index < -0.39 is 17.5 Å². The molecule has 0 atom stereocenters. The van der Waals surface area contributed by atoms with Gasteiger partial charge in [-0.1, -0.05) is 11.8 Å². The van der Waals surface area contributed by atoms with Gasteiger partial charge >= 0.3 is 0 Å². The molecule has 10 heteroatoms. The van der Waals surface area contributed by atoms with Crippen molar-refractivity contribution in [3.8, 4) is 0 Å². The molecular formula is C21H23F2N3O3S2. The first-order valence-corrected chi connectivity index (χ1v) is 11.6. The summed E-state index contributed by atoms with van der Waals surface area (Å²) in [6, 6.07) is 2.94. The number of nitrogens with zero attached hydrogens (tertiary/aromatic N) is 2. The average molecular weight is 468 g/mol. The van der Waals surface area contributed by atoms with Crippen LogP contribution in [0.2, 0.25) is 0 Å². The molecule has 2 aromatic heterocycles. The maximum atomic E-state index is 13.8. The van der Waals surface area contributed by atoms with Gasteiger partial charge in [0, 0.05) is 30.7 Å². The Labute approximate surface area is 186 Å². The first kappa shape index (κ1) is 23.4. The third-order valence-corrected chi connectivity index (χ3v) is 6.74. The van der Waals surface area contributed by atoms with Crippen LogP contribution in [0.5, 0.6) is 0 Å². The number of fused-ring (bicyclic) bond motifs is 1. The quantitative estimate of drug-likeness (QED) is 0.285. The molecule has 3 aromatic rings. The van der Waals surface area contributed by atoms with E-state index in [0.29, 0.717) is 47.6 Å². The Morgan fingerprint density at radius 1 is 1.32 bits per heavy atom. The van der Waals surface area contributed by atoms with Gasteiger partial charge in [0.15, 0.2) is 5.16 Å². The standard InChI is InChI=1S/C21H23F2N3O3S2/c1-4-29-9-5-8-26-20(28)18-12(2)13(3)31-19(18)25-21(26)30-11-17(27)24-16-7-6-14(22)10-15(16)23/h6-7,10H,4-5,8-9,11H2,1-3H3,(H,24,27). The monoisotopic (exact) mass is 467 g/mol. The van der Waals surface area contributed by atoms with Gasteiger partial charge in [-0.05, 0) is 44.9 Å². The van der Waals surface area contributed by atoms with Gasteiger partial charge in [0.05, 0.1) is 16.8 Å². The molecule has 0 spiro atoms. The number of aromatic nitrogens is 2. The summed E-state index contributed by atoms with van der Waals surface area (Å²) < 4.78 is 33.8. The summed E-state index contributed by atoms with van der Waals surface area (Å²) in [6.07, 6.45) is 0.629. The molecule has 0 unspecified atom stereocenters. The lowest BCUT2D eigenvalue weighted by Crippen LogP contribution is -2.25. The second-order valence-corrected chi connectivity index (χ2v) is 8.97. The fourth-order valence-corrected chi connectivity index (χ4v) is 4.89. The van der Waals surface area contributed by atoms with Crippen LogP contribution in [0.1, 0.15) is 23.8 Å². The van der Waals surface area contributed by atoms with Crippen molar-refractivity contribution in [3.05, 3.63) is 50.6 Å². The Kier molecular flexibility index (Phi) is 7.79. The number of aryl methyl sites for hydroxylation is 2. The smallest absolute Gasteiger partial charge is 0.263 e. The highest BCUT2D eigenvalue weighted by Crippen LogP contribution is 2.28. The molecular weight excluding hydrogens is 444 g/mol. The van der Waals surface area contributed by atoms with Crippen LogP contribution in [-0.4, -0.2) is 34.4 Å². The van der Waals surface area contributed by atoms with E-state index in [0.717, 1.165) is 28.3 Å². The highest BCUT2D eigenvalue weighted by atomic mass is 32.2. The number of nitrogens with one attached hydrogen (secondary N) is 1. The molecule has 166 valence electrons. The summed E-state index contributed by atoms with van der Waals surface area (Å²) >= 11 is 2.54. The Morgan fingerprint density at radius 3 is 2.81 bits per heavy atom. The van der Waals surface area contributed by atoms with Crippen molar-refractivity contribution in [1.82, 2.24) is 9.55 Å². The number of hydrogen-bond acceptors (Lipinski definition) is 6. The molecule has 0 aliphatic heterocycles. The molecule has 0 fully saturated rings. The molecule has 3 rings (SSSR count). The minimum Gasteiger partial charge on any atom is -0.382 e. The van der Waals surface area contributed by atoms with E-state index in [1.807, 2.05) is 20.8 Å². The van der Waals surface area contributed by atoms with Crippen molar-refractivity contribution < 1.29 is 18.3 Å². The van der Waals surface area contributed by atoms with Gasteiger partial charge in [0.2, 0.25) is 5.91 Å². The van der Waals surface area contributed by atoms with E-state index in [1.165, 1.54) is 17.4 Å². The lowest BCUT2D eigenvalue weighted by Gasteiger charge is -2.12. The number of benzene rings is 1. The molecule has 0 radical (unpaired) electrons. The van der Waals surface area contributed by atoms with Crippen LogP contribution in [0.3, 0.4) is 0 Å². The van der Waals surface area contributed by atoms with Gasteiger partial charge < -0.3 is 10.1 Å². The normalized spacial score (nSPS) is 11.3. The average Bonchev–Trinajstić information content (AvgIpc) is 3.01. The molecule has 6 nitrogen and oxygen atoms in total. The van der Waals surface area contributed by atoms with Gasteiger partial charge in [-0.2, -0.15) is 0 Å². The van der Waals surface area contributed by atoms with E-state index in [2.05, 4.69) is 10.3 Å². The first-order valence-electron chi connectivity index (χ1n) is 9.77. The lowest BCUT2D eigenvalue weighted by molar-refractivity contribution is -0.113. The van der Waals surface area contributed by atoms with Crippen molar-refractivity contribution >= 4 is 44.9 Å². The third-order valence-electron chi connectivity index (χ3n) is 4.67. The number of rotatable bonds is 9. The van der Waals surface area contributed by atoms with Crippen molar-refractivity contribution in [1.29, 1.82) is 0 Å². The fraction of sp³-hybridized carbons (Fsp3) is 0.381. The number of carbonyl (C=O) groups excluding carboxylic acids is 1. The molecule has 1 aromatic carbocycles. The van der Waals surface area contributed by atoms with Crippen LogP contribution >= 0.6 is 23.1 Å². The second-order valence-electron chi connectivity index (χ2n) is 6.83. The molecule has 31 heavy (non-hydrogen) atoms. The predicted molar refractivity (Wildman–Crippen MR) is 120 cm³/mol. The van der Waals surface area contributed by atoms with Crippen LogP contribution < -0.4 is 10.9 Å². The van der Waals surface area contributed by atoms with E-state index >= 15 is 0 Å². The highest BCUT2D eigenvalue weighted by molar-refractivity contribution is 7.99. The zero-order valence-corrected chi connectivity index (χ0v) is 19.1. The van der Waals surface area contributed by atoms with E-state index in [-0.39, 0.29) is 17.0 Å². The van der Waals surface area contributed by atoms with Gasteiger partial charge in [0.25, 0.3) is 5.56 Å². The van der Waals surface area contributed by atoms with Crippen molar-refractivity contribution in [2.24, 2.45) is 0 Å². The summed E-state index contributed by atoms with van der Waals surface area (Å²) in [5.74, 6) is -2.14.